The lowest BCUT2D eigenvalue weighted by Gasteiger charge is -2.05. The number of nitro groups is 1. The number of rotatable bonds is 8. The van der Waals surface area contributed by atoms with E-state index >= 15 is 0 Å². The van der Waals surface area contributed by atoms with Gasteiger partial charge in [-0.2, -0.15) is 0 Å². The SMILES string of the molecule is Cc1ccc(CNCCCCCO)cc1[N+](=O)[O-]. The topological polar surface area (TPSA) is 75.4 Å². The van der Waals surface area contributed by atoms with Crippen LogP contribution in [0.25, 0.3) is 0 Å². The maximum Gasteiger partial charge on any atom is 0.272 e. The summed E-state index contributed by atoms with van der Waals surface area (Å²) in [6, 6.07) is 5.31. The van der Waals surface area contributed by atoms with Gasteiger partial charge in [0.05, 0.1) is 4.92 Å². The molecule has 0 amide bonds. The first-order chi connectivity index (χ1) is 8.65. The maximum atomic E-state index is 10.8. The standard InChI is InChI=1S/C13H20N2O3/c1-11-5-6-12(9-13(11)15(17)18)10-14-7-3-2-4-8-16/h5-6,9,14,16H,2-4,7-8,10H2,1H3. The normalized spacial score (nSPS) is 10.6. The molecule has 0 saturated carbocycles. The van der Waals surface area contributed by atoms with Gasteiger partial charge in [0, 0.05) is 24.8 Å². The van der Waals surface area contributed by atoms with Crippen LogP contribution in [-0.4, -0.2) is 23.2 Å². The Bertz CT molecular complexity index is 394. The monoisotopic (exact) mass is 252 g/mol. The molecule has 0 fully saturated rings. The molecule has 0 aliphatic heterocycles. The molecule has 0 radical (unpaired) electrons. The Morgan fingerprint density at radius 2 is 2.11 bits per heavy atom. The molecule has 18 heavy (non-hydrogen) atoms. The first-order valence-electron chi connectivity index (χ1n) is 6.20. The summed E-state index contributed by atoms with van der Waals surface area (Å²) in [6.07, 6.45) is 2.84. The molecule has 1 rings (SSSR count). The molecule has 0 aliphatic rings. The lowest BCUT2D eigenvalue weighted by atomic mass is 10.1. The summed E-state index contributed by atoms with van der Waals surface area (Å²) in [5, 5.41) is 22.7. The minimum atomic E-state index is -0.347. The van der Waals surface area contributed by atoms with Gasteiger partial charge in [0.25, 0.3) is 5.69 Å². The lowest BCUT2D eigenvalue weighted by Crippen LogP contribution is -2.14. The average Bonchev–Trinajstić information content (AvgIpc) is 2.35. The number of aliphatic hydroxyl groups is 1. The molecule has 0 aliphatic carbocycles. The summed E-state index contributed by atoms with van der Waals surface area (Å²) in [4.78, 5) is 10.4. The minimum absolute atomic E-state index is 0.176. The average molecular weight is 252 g/mol. The molecule has 0 saturated heterocycles. The van der Waals surface area contributed by atoms with E-state index in [1.165, 1.54) is 0 Å². The van der Waals surface area contributed by atoms with E-state index in [0.29, 0.717) is 12.1 Å². The fourth-order valence-corrected chi connectivity index (χ4v) is 1.73. The molecule has 0 unspecified atom stereocenters. The molecule has 0 heterocycles. The van der Waals surface area contributed by atoms with Crippen LogP contribution in [-0.2, 0) is 6.54 Å². The molecular formula is C13H20N2O3. The Balaban J connectivity index is 2.38. The molecule has 1 aromatic carbocycles. The van der Waals surface area contributed by atoms with E-state index in [1.807, 2.05) is 6.07 Å². The van der Waals surface area contributed by atoms with Crippen LogP contribution in [0.1, 0.15) is 30.4 Å². The quantitative estimate of drug-likeness (QED) is 0.422. The molecule has 5 heteroatoms. The van der Waals surface area contributed by atoms with Crippen LogP contribution >= 0.6 is 0 Å². The molecule has 5 nitrogen and oxygen atoms in total. The van der Waals surface area contributed by atoms with Crippen molar-refractivity contribution in [1.82, 2.24) is 5.32 Å². The van der Waals surface area contributed by atoms with E-state index < -0.39 is 0 Å². The first-order valence-corrected chi connectivity index (χ1v) is 6.20. The van der Waals surface area contributed by atoms with Gasteiger partial charge in [-0.15, -0.1) is 0 Å². The second-order valence-corrected chi connectivity index (χ2v) is 4.34. The van der Waals surface area contributed by atoms with Crippen molar-refractivity contribution < 1.29 is 10.0 Å². The molecule has 0 bridgehead atoms. The van der Waals surface area contributed by atoms with Gasteiger partial charge >= 0.3 is 0 Å². The zero-order valence-corrected chi connectivity index (χ0v) is 10.7. The van der Waals surface area contributed by atoms with Crippen LogP contribution in [0.2, 0.25) is 0 Å². The van der Waals surface area contributed by atoms with Gasteiger partial charge in [0.1, 0.15) is 0 Å². The van der Waals surface area contributed by atoms with Crippen molar-refractivity contribution in [2.45, 2.75) is 32.7 Å². The van der Waals surface area contributed by atoms with E-state index in [4.69, 9.17) is 5.11 Å². The van der Waals surface area contributed by atoms with Gasteiger partial charge in [-0.05, 0) is 38.3 Å². The summed E-state index contributed by atoms with van der Waals surface area (Å²) < 4.78 is 0. The van der Waals surface area contributed by atoms with Gasteiger partial charge in [-0.25, -0.2) is 0 Å². The van der Waals surface area contributed by atoms with E-state index in [0.717, 1.165) is 31.4 Å². The van der Waals surface area contributed by atoms with Crippen LogP contribution in [0.3, 0.4) is 0 Å². The third kappa shape index (κ3) is 4.81. The summed E-state index contributed by atoms with van der Waals surface area (Å²) >= 11 is 0. The summed E-state index contributed by atoms with van der Waals surface area (Å²) in [5.74, 6) is 0. The fraction of sp³-hybridized carbons (Fsp3) is 0.538. The Morgan fingerprint density at radius 1 is 1.33 bits per heavy atom. The molecule has 100 valence electrons. The Labute approximate surface area is 107 Å². The highest BCUT2D eigenvalue weighted by molar-refractivity contribution is 5.42. The van der Waals surface area contributed by atoms with Crippen molar-refractivity contribution >= 4 is 5.69 Å². The van der Waals surface area contributed by atoms with Crippen LogP contribution in [0, 0.1) is 17.0 Å². The number of benzene rings is 1. The first kappa shape index (κ1) is 14.6. The number of hydrogen-bond acceptors (Lipinski definition) is 4. The van der Waals surface area contributed by atoms with Gasteiger partial charge in [-0.3, -0.25) is 10.1 Å². The second kappa shape index (κ2) is 7.79. The molecule has 0 aromatic heterocycles. The van der Waals surface area contributed by atoms with Gasteiger partial charge in [-0.1, -0.05) is 12.1 Å². The number of aliphatic hydroxyl groups excluding tert-OH is 1. The lowest BCUT2D eigenvalue weighted by molar-refractivity contribution is -0.385. The fourth-order valence-electron chi connectivity index (χ4n) is 1.73. The number of nitro benzene ring substituents is 1. The van der Waals surface area contributed by atoms with Crippen LogP contribution in [0.15, 0.2) is 18.2 Å². The summed E-state index contributed by atoms with van der Waals surface area (Å²) in [5.41, 5.74) is 1.79. The smallest absolute Gasteiger partial charge is 0.272 e. The van der Waals surface area contributed by atoms with Crippen LogP contribution < -0.4 is 5.32 Å². The molecule has 0 spiro atoms. The highest BCUT2D eigenvalue weighted by Crippen LogP contribution is 2.18. The van der Waals surface area contributed by atoms with Crippen molar-refractivity contribution in [3.8, 4) is 0 Å². The Hall–Kier alpha value is -1.46. The minimum Gasteiger partial charge on any atom is -0.396 e. The maximum absolute atomic E-state index is 10.8. The number of hydrogen-bond donors (Lipinski definition) is 2. The number of aryl methyl sites for hydroxylation is 1. The molecule has 1 aromatic rings. The predicted octanol–water partition coefficient (Wildman–Crippen LogP) is 2.16. The van der Waals surface area contributed by atoms with E-state index in [1.54, 1.807) is 19.1 Å². The van der Waals surface area contributed by atoms with Crippen LogP contribution in [0.4, 0.5) is 5.69 Å². The van der Waals surface area contributed by atoms with E-state index in [2.05, 4.69) is 5.32 Å². The van der Waals surface area contributed by atoms with Crippen molar-refractivity contribution in [3.63, 3.8) is 0 Å². The third-order valence-electron chi connectivity index (χ3n) is 2.81. The van der Waals surface area contributed by atoms with E-state index in [9.17, 15) is 10.1 Å². The Kier molecular flexibility index (Phi) is 6.32. The van der Waals surface area contributed by atoms with Gasteiger partial charge in [0.2, 0.25) is 0 Å². The molecule has 0 atom stereocenters. The van der Waals surface area contributed by atoms with E-state index in [-0.39, 0.29) is 17.2 Å². The zero-order chi connectivity index (χ0) is 13.4. The highest BCUT2D eigenvalue weighted by Gasteiger charge is 2.10. The van der Waals surface area contributed by atoms with Crippen molar-refractivity contribution in [3.05, 3.63) is 39.4 Å². The third-order valence-corrected chi connectivity index (χ3v) is 2.81. The molecular weight excluding hydrogens is 232 g/mol. The number of nitrogens with zero attached hydrogens (tertiary/aromatic N) is 1. The van der Waals surface area contributed by atoms with Crippen molar-refractivity contribution in [2.75, 3.05) is 13.2 Å². The summed E-state index contributed by atoms with van der Waals surface area (Å²) in [6.45, 7) is 3.48. The largest absolute Gasteiger partial charge is 0.396 e. The number of nitrogens with one attached hydrogen (secondary N) is 1. The second-order valence-electron chi connectivity index (χ2n) is 4.34. The highest BCUT2D eigenvalue weighted by atomic mass is 16.6. The summed E-state index contributed by atoms with van der Waals surface area (Å²) in [7, 11) is 0. The van der Waals surface area contributed by atoms with Crippen molar-refractivity contribution in [1.29, 1.82) is 0 Å². The number of unbranched alkanes of at least 4 members (excludes halogenated alkanes) is 2. The zero-order valence-electron chi connectivity index (χ0n) is 10.7. The predicted molar refractivity (Wildman–Crippen MR) is 70.5 cm³/mol. The van der Waals surface area contributed by atoms with Gasteiger partial charge in [0.15, 0.2) is 0 Å². The van der Waals surface area contributed by atoms with Crippen LogP contribution in [0.5, 0.6) is 0 Å². The Morgan fingerprint density at radius 3 is 2.78 bits per heavy atom. The van der Waals surface area contributed by atoms with Crippen molar-refractivity contribution in [2.24, 2.45) is 0 Å². The van der Waals surface area contributed by atoms with Gasteiger partial charge < -0.3 is 10.4 Å². The molecule has 2 N–H and O–H groups in total.